The highest BCUT2D eigenvalue weighted by Crippen LogP contribution is 2.30. The second-order valence-electron chi connectivity index (χ2n) is 4.13. The molecule has 0 aliphatic heterocycles. The van der Waals surface area contributed by atoms with Crippen LogP contribution in [0.5, 0.6) is 0 Å². The molecule has 1 aromatic rings. The van der Waals surface area contributed by atoms with E-state index in [1.807, 2.05) is 19.9 Å². The lowest BCUT2D eigenvalue weighted by atomic mass is 10.1. The van der Waals surface area contributed by atoms with Crippen molar-refractivity contribution >= 4 is 11.8 Å². The van der Waals surface area contributed by atoms with E-state index in [0.29, 0.717) is 0 Å². The van der Waals surface area contributed by atoms with Crippen LogP contribution in [0.4, 0.5) is 4.39 Å². The summed E-state index contributed by atoms with van der Waals surface area (Å²) in [5, 5.41) is 3.27. The predicted molar refractivity (Wildman–Crippen MR) is 75.7 cm³/mol. The van der Waals surface area contributed by atoms with Gasteiger partial charge >= 0.3 is 0 Å². The Hall–Kier alpha value is -0.580. The van der Waals surface area contributed by atoms with Crippen molar-refractivity contribution in [3.63, 3.8) is 0 Å². The molecule has 0 spiro atoms. The molecule has 1 rings (SSSR count). The fraction of sp³-hybridized carbons (Fsp3) is 0.571. The number of hydrogen-bond donors (Lipinski definition) is 1. The summed E-state index contributed by atoms with van der Waals surface area (Å²) in [6.07, 6.45) is 0.979. The Morgan fingerprint density at radius 1 is 1.44 bits per heavy atom. The molecule has 0 aliphatic carbocycles. The summed E-state index contributed by atoms with van der Waals surface area (Å²) in [5.41, 5.74) is 0.779. The topological polar surface area (TPSA) is 21.3 Å². The number of benzene rings is 1. The molecule has 18 heavy (non-hydrogen) atoms. The van der Waals surface area contributed by atoms with Gasteiger partial charge in [-0.25, -0.2) is 4.39 Å². The lowest BCUT2D eigenvalue weighted by Crippen LogP contribution is -2.19. The first-order valence-corrected chi connectivity index (χ1v) is 7.32. The summed E-state index contributed by atoms with van der Waals surface area (Å²) in [6.45, 7) is 5.62. The fourth-order valence-electron chi connectivity index (χ4n) is 1.86. The molecular weight excluding hydrogens is 249 g/mol. The van der Waals surface area contributed by atoms with Crippen molar-refractivity contribution in [1.82, 2.24) is 5.32 Å². The van der Waals surface area contributed by atoms with E-state index >= 15 is 0 Å². The van der Waals surface area contributed by atoms with Crippen LogP contribution in [-0.4, -0.2) is 26.0 Å². The Morgan fingerprint density at radius 2 is 2.22 bits per heavy atom. The van der Waals surface area contributed by atoms with Gasteiger partial charge in [-0.3, -0.25) is 0 Å². The molecule has 1 aromatic carbocycles. The van der Waals surface area contributed by atoms with Gasteiger partial charge in [0.25, 0.3) is 0 Å². The minimum atomic E-state index is -0.125. The molecule has 102 valence electrons. The van der Waals surface area contributed by atoms with Gasteiger partial charge in [-0.2, -0.15) is 0 Å². The van der Waals surface area contributed by atoms with Gasteiger partial charge in [0.2, 0.25) is 0 Å². The van der Waals surface area contributed by atoms with Crippen LogP contribution in [0, 0.1) is 5.82 Å². The minimum Gasteiger partial charge on any atom is -0.385 e. The van der Waals surface area contributed by atoms with E-state index in [1.54, 1.807) is 24.9 Å². The molecule has 0 fully saturated rings. The third-order valence-electron chi connectivity index (χ3n) is 2.71. The Kier molecular flexibility index (Phi) is 7.32. The number of thioether (sulfide) groups is 1. The van der Waals surface area contributed by atoms with Crippen LogP contribution in [-0.2, 0) is 4.74 Å². The molecule has 0 aliphatic rings. The monoisotopic (exact) mass is 271 g/mol. The highest BCUT2D eigenvalue weighted by atomic mass is 32.2. The molecule has 0 saturated heterocycles. The standard InChI is InChI=1S/C14H22FNOS/c1-4-16-11(2)14-12(15)7-5-8-13(14)18-10-6-9-17-3/h5,7-8,11,16H,4,6,9-10H2,1-3H3. The van der Waals surface area contributed by atoms with E-state index in [0.717, 1.165) is 35.8 Å². The van der Waals surface area contributed by atoms with Crippen LogP contribution in [0.3, 0.4) is 0 Å². The van der Waals surface area contributed by atoms with Gasteiger partial charge in [-0.1, -0.05) is 13.0 Å². The van der Waals surface area contributed by atoms with Crippen molar-refractivity contribution in [2.75, 3.05) is 26.0 Å². The first-order valence-electron chi connectivity index (χ1n) is 6.34. The summed E-state index contributed by atoms with van der Waals surface area (Å²) >= 11 is 1.70. The van der Waals surface area contributed by atoms with Crippen molar-refractivity contribution in [2.45, 2.75) is 31.2 Å². The molecule has 2 nitrogen and oxygen atoms in total. The first-order chi connectivity index (χ1) is 8.70. The van der Waals surface area contributed by atoms with Crippen molar-refractivity contribution in [3.05, 3.63) is 29.6 Å². The summed E-state index contributed by atoms with van der Waals surface area (Å²) in [4.78, 5) is 1.03. The predicted octanol–water partition coefficient (Wildman–Crippen LogP) is 3.62. The van der Waals surface area contributed by atoms with Crippen LogP contribution < -0.4 is 5.32 Å². The average molecular weight is 271 g/mol. The molecule has 1 unspecified atom stereocenters. The number of nitrogens with one attached hydrogen (secondary N) is 1. The second kappa shape index (κ2) is 8.51. The smallest absolute Gasteiger partial charge is 0.129 e. The second-order valence-corrected chi connectivity index (χ2v) is 5.26. The number of hydrogen-bond acceptors (Lipinski definition) is 3. The SMILES string of the molecule is CCNC(C)c1c(F)cccc1SCCCOC. The van der Waals surface area contributed by atoms with Crippen molar-refractivity contribution in [3.8, 4) is 0 Å². The largest absolute Gasteiger partial charge is 0.385 e. The summed E-state index contributed by atoms with van der Waals surface area (Å²) in [5.74, 6) is 0.823. The zero-order valence-corrected chi connectivity index (χ0v) is 12.1. The molecular formula is C14H22FNOS. The van der Waals surface area contributed by atoms with E-state index in [-0.39, 0.29) is 11.9 Å². The van der Waals surface area contributed by atoms with Gasteiger partial charge in [0.05, 0.1) is 0 Å². The summed E-state index contributed by atoms with van der Waals surface area (Å²) < 4.78 is 18.9. The summed E-state index contributed by atoms with van der Waals surface area (Å²) in [6, 6.07) is 5.34. The van der Waals surface area contributed by atoms with Gasteiger partial charge in [-0.05, 0) is 32.0 Å². The number of methoxy groups -OCH3 is 1. The maximum Gasteiger partial charge on any atom is 0.129 e. The Balaban J connectivity index is 2.73. The van der Waals surface area contributed by atoms with Gasteiger partial charge in [0.15, 0.2) is 0 Å². The highest BCUT2D eigenvalue weighted by Gasteiger charge is 2.14. The molecule has 1 atom stereocenters. The van der Waals surface area contributed by atoms with Crippen molar-refractivity contribution in [2.24, 2.45) is 0 Å². The molecule has 0 bridgehead atoms. The van der Waals surface area contributed by atoms with Crippen LogP contribution in [0.1, 0.15) is 31.9 Å². The third-order valence-corrected chi connectivity index (χ3v) is 3.87. The normalized spacial score (nSPS) is 12.7. The van der Waals surface area contributed by atoms with Gasteiger partial charge in [0.1, 0.15) is 5.82 Å². The lowest BCUT2D eigenvalue weighted by molar-refractivity contribution is 0.200. The van der Waals surface area contributed by atoms with E-state index in [2.05, 4.69) is 5.32 Å². The average Bonchev–Trinajstić information content (AvgIpc) is 2.35. The van der Waals surface area contributed by atoms with Gasteiger partial charge < -0.3 is 10.1 Å². The number of rotatable bonds is 8. The minimum absolute atomic E-state index is 0.0427. The molecule has 0 heterocycles. The number of ether oxygens (including phenoxy) is 1. The van der Waals surface area contributed by atoms with E-state index in [1.165, 1.54) is 6.07 Å². The zero-order valence-electron chi connectivity index (χ0n) is 11.3. The van der Waals surface area contributed by atoms with Crippen LogP contribution in [0.2, 0.25) is 0 Å². The van der Waals surface area contributed by atoms with Crippen LogP contribution in [0.25, 0.3) is 0 Å². The fourth-order valence-corrected chi connectivity index (χ4v) is 2.94. The molecule has 0 aromatic heterocycles. The first kappa shape index (κ1) is 15.5. The molecule has 4 heteroatoms. The van der Waals surface area contributed by atoms with E-state index in [9.17, 15) is 4.39 Å². The van der Waals surface area contributed by atoms with E-state index < -0.39 is 0 Å². The van der Waals surface area contributed by atoms with Gasteiger partial charge in [-0.15, -0.1) is 11.8 Å². The zero-order chi connectivity index (χ0) is 13.4. The van der Waals surface area contributed by atoms with Gasteiger partial charge in [0, 0.05) is 36.0 Å². The highest BCUT2D eigenvalue weighted by molar-refractivity contribution is 7.99. The van der Waals surface area contributed by atoms with Crippen molar-refractivity contribution in [1.29, 1.82) is 0 Å². The Labute approximate surface area is 113 Å². The molecule has 0 amide bonds. The Morgan fingerprint density at radius 3 is 2.89 bits per heavy atom. The van der Waals surface area contributed by atoms with Crippen molar-refractivity contribution < 1.29 is 9.13 Å². The maximum atomic E-state index is 13.9. The van der Waals surface area contributed by atoms with Crippen LogP contribution >= 0.6 is 11.8 Å². The molecule has 0 saturated carbocycles. The molecule has 1 N–H and O–H groups in total. The lowest BCUT2D eigenvalue weighted by Gasteiger charge is -2.17. The maximum absolute atomic E-state index is 13.9. The third kappa shape index (κ3) is 4.59. The van der Waals surface area contributed by atoms with E-state index in [4.69, 9.17) is 4.74 Å². The Bertz CT molecular complexity index is 360. The molecule has 0 radical (unpaired) electrons. The number of halogens is 1. The summed E-state index contributed by atoms with van der Waals surface area (Å²) in [7, 11) is 1.70. The van der Waals surface area contributed by atoms with Crippen LogP contribution in [0.15, 0.2) is 23.1 Å². The quantitative estimate of drug-likeness (QED) is 0.576.